The Morgan fingerprint density at radius 2 is 1.87 bits per heavy atom. The van der Waals surface area contributed by atoms with E-state index in [0.29, 0.717) is 19.3 Å². The molecule has 1 fully saturated rings. The molecule has 0 saturated heterocycles. The molecule has 23 heavy (non-hydrogen) atoms. The molecular formula is C14H25O7S2-. The van der Waals surface area contributed by atoms with E-state index in [1.54, 1.807) is 0 Å². The molecule has 0 aromatic carbocycles. The van der Waals surface area contributed by atoms with E-state index in [1.807, 2.05) is 0 Å². The van der Waals surface area contributed by atoms with E-state index < -0.39 is 33.3 Å². The Morgan fingerprint density at radius 1 is 1.22 bits per heavy atom. The van der Waals surface area contributed by atoms with Gasteiger partial charge in [-0.25, -0.2) is 4.79 Å². The molecule has 0 radical (unpaired) electrons. The molecule has 9 heteroatoms. The molecule has 2 atom stereocenters. The van der Waals surface area contributed by atoms with E-state index in [-0.39, 0.29) is 17.6 Å². The molecule has 2 unspecified atom stereocenters. The van der Waals surface area contributed by atoms with Crippen molar-refractivity contribution in [3.8, 4) is 0 Å². The van der Waals surface area contributed by atoms with E-state index in [2.05, 4.69) is 0 Å². The summed E-state index contributed by atoms with van der Waals surface area (Å²) in [6.07, 6.45) is 4.66. The van der Waals surface area contributed by atoms with Gasteiger partial charge in [0.25, 0.3) is 10.1 Å². The average molecular weight is 369 g/mol. The van der Waals surface area contributed by atoms with Gasteiger partial charge in [-0.2, -0.15) is 8.42 Å². The smallest absolute Gasteiger partial charge is 0.336 e. The molecule has 0 heterocycles. The molecular weight excluding hydrogens is 344 g/mol. The molecule has 0 aliphatic heterocycles. The number of esters is 1. The largest absolute Gasteiger partial charge is 0.772 e. The maximum absolute atomic E-state index is 11.9. The second kappa shape index (κ2) is 10.4. The molecule has 136 valence electrons. The highest BCUT2D eigenvalue weighted by Crippen LogP contribution is 2.21. The minimum absolute atomic E-state index is 0.0189. The number of rotatable bonds is 10. The van der Waals surface area contributed by atoms with Crippen LogP contribution in [0, 0.1) is 0 Å². The summed E-state index contributed by atoms with van der Waals surface area (Å²) in [7, 11) is -3.82. The van der Waals surface area contributed by atoms with Crippen molar-refractivity contribution in [1.82, 2.24) is 0 Å². The first-order chi connectivity index (χ1) is 10.8. The molecule has 0 N–H and O–H groups in total. The lowest BCUT2D eigenvalue weighted by Gasteiger charge is -2.23. The number of carbonyl (C=O) groups excluding carboxylic acids is 1. The van der Waals surface area contributed by atoms with Crippen molar-refractivity contribution < 1.29 is 30.9 Å². The van der Waals surface area contributed by atoms with Crippen molar-refractivity contribution in [3.63, 3.8) is 0 Å². The van der Waals surface area contributed by atoms with Crippen LogP contribution in [-0.2, 0) is 34.9 Å². The van der Waals surface area contributed by atoms with Crippen LogP contribution >= 0.6 is 0 Å². The van der Waals surface area contributed by atoms with Gasteiger partial charge in [0.05, 0.1) is 5.75 Å². The van der Waals surface area contributed by atoms with Crippen LogP contribution in [0.4, 0.5) is 0 Å². The Balaban J connectivity index is 2.28. The zero-order valence-corrected chi connectivity index (χ0v) is 15.0. The van der Waals surface area contributed by atoms with Crippen molar-refractivity contribution in [2.24, 2.45) is 0 Å². The van der Waals surface area contributed by atoms with Gasteiger partial charge in [0, 0.05) is 5.75 Å². The third-order valence-corrected chi connectivity index (χ3v) is 5.66. The van der Waals surface area contributed by atoms with Crippen LogP contribution in [0.15, 0.2) is 0 Å². The Kier molecular flexibility index (Phi) is 9.26. The Hall–Kier alpha value is -0.510. The maximum atomic E-state index is 11.9. The summed E-state index contributed by atoms with van der Waals surface area (Å²) in [5.74, 6) is -0.868. The fourth-order valence-electron chi connectivity index (χ4n) is 2.43. The molecule has 1 rings (SSSR count). The van der Waals surface area contributed by atoms with Crippen molar-refractivity contribution in [3.05, 3.63) is 0 Å². The quantitative estimate of drug-likeness (QED) is 0.249. The summed E-state index contributed by atoms with van der Waals surface area (Å²) >= 11 is -2.10. The molecule has 1 aliphatic rings. The lowest BCUT2D eigenvalue weighted by molar-refractivity contribution is -0.157. The fourth-order valence-corrected chi connectivity index (χ4v) is 4.04. The summed E-state index contributed by atoms with van der Waals surface area (Å²) in [6, 6.07) is 0. The highest BCUT2D eigenvalue weighted by Gasteiger charge is 2.26. The Bertz CT molecular complexity index is 483. The van der Waals surface area contributed by atoms with E-state index >= 15 is 0 Å². The third kappa shape index (κ3) is 9.39. The lowest BCUT2D eigenvalue weighted by atomic mass is 9.98. The SMILES string of the molecule is CC(OS(=O)(=O)CCCCCS(=O)[O-])C(=O)OC1CCCCC1. The molecule has 0 aromatic rings. The lowest BCUT2D eigenvalue weighted by Crippen LogP contribution is -2.31. The predicted octanol–water partition coefficient (Wildman–Crippen LogP) is 1.65. The van der Waals surface area contributed by atoms with Gasteiger partial charge in [-0.3, -0.25) is 8.39 Å². The van der Waals surface area contributed by atoms with Crippen molar-refractivity contribution in [2.75, 3.05) is 11.5 Å². The second-order valence-corrected chi connectivity index (χ2v) is 8.50. The molecule has 0 spiro atoms. The summed E-state index contributed by atoms with van der Waals surface area (Å²) in [5.41, 5.74) is 0. The summed E-state index contributed by atoms with van der Waals surface area (Å²) < 4.78 is 54.4. The van der Waals surface area contributed by atoms with Crippen LogP contribution < -0.4 is 0 Å². The standard InChI is InChI=1S/C14H26O7S2/c1-12(14(15)20-13-8-4-2-5-9-13)21-23(18,19)11-7-3-6-10-22(16)17/h12-13H,2-11H2,1H3,(H,16,17)/p-1. The van der Waals surface area contributed by atoms with Gasteiger partial charge in [0.15, 0.2) is 6.10 Å². The van der Waals surface area contributed by atoms with E-state index in [4.69, 9.17) is 8.92 Å². The van der Waals surface area contributed by atoms with E-state index in [9.17, 15) is 22.0 Å². The van der Waals surface area contributed by atoms with Gasteiger partial charge in [0.2, 0.25) is 0 Å². The normalized spacial score (nSPS) is 19.2. The number of carbonyl (C=O) groups is 1. The van der Waals surface area contributed by atoms with Crippen LogP contribution in [0.1, 0.15) is 58.3 Å². The van der Waals surface area contributed by atoms with Gasteiger partial charge in [-0.15, -0.1) is 0 Å². The highest BCUT2D eigenvalue weighted by molar-refractivity contribution is 7.86. The molecule has 0 aromatic heterocycles. The average Bonchev–Trinajstić information content (AvgIpc) is 2.47. The van der Waals surface area contributed by atoms with Gasteiger partial charge in [0.1, 0.15) is 6.10 Å². The number of unbranched alkanes of at least 4 members (excludes halogenated alkanes) is 2. The molecule has 1 aliphatic carbocycles. The van der Waals surface area contributed by atoms with Crippen LogP contribution in [-0.4, -0.2) is 46.9 Å². The summed E-state index contributed by atoms with van der Waals surface area (Å²) in [5, 5.41) is 0. The first-order valence-electron chi connectivity index (χ1n) is 7.97. The van der Waals surface area contributed by atoms with Crippen LogP contribution in [0.3, 0.4) is 0 Å². The molecule has 7 nitrogen and oxygen atoms in total. The molecule has 0 amide bonds. The van der Waals surface area contributed by atoms with Gasteiger partial charge in [-0.05, 0) is 45.4 Å². The van der Waals surface area contributed by atoms with Gasteiger partial charge in [-0.1, -0.05) is 23.9 Å². The maximum Gasteiger partial charge on any atom is 0.336 e. The Labute approximate surface area is 140 Å². The monoisotopic (exact) mass is 369 g/mol. The summed E-state index contributed by atoms with van der Waals surface area (Å²) in [6.45, 7) is 1.36. The molecule has 0 bridgehead atoms. The Morgan fingerprint density at radius 3 is 2.48 bits per heavy atom. The van der Waals surface area contributed by atoms with Crippen LogP contribution in [0.5, 0.6) is 0 Å². The van der Waals surface area contributed by atoms with E-state index in [0.717, 1.165) is 32.1 Å². The minimum Gasteiger partial charge on any atom is -0.772 e. The topological polar surface area (TPSA) is 110 Å². The number of hydrogen-bond acceptors (Lipinski definition) is 7. The zero-order chi connectivity index (χ0) is 17.3. The van der Waals surface area contributed by atoms with Crippen molar-refractivity contribution in [1.29, 1.82) is 0 Å². The fraction of sp³-hybridized carbons (Fsp3) is 0.929. The van der Waals surface area contributed by atoms with Crippen molar-refractivity contribution >= 4 is 27.2 Å². The summed E-state index contributed by atoms with van der Waals surface area (Å²) in [4.78, 5) is 11.9. The van der Waals surface area contributed by atoms with Crippen LogP contribution in [0.2, 0.25) is 0 Å². The number of hydrogen-bond donors (Lipinski definition) is 0. The molecule has 1 saturated carbocycles. The van der Waals surface area contributed by atoms with Gasteiger partial charge < -0.3 is 9.29 Å². The second-order valence-electron chi connectivity index (χ2n) is 5.77. The van der Waals surface area contributed by atoms with Gasteiger partial charge >= 0.3 is 5.97 Å². The number of ether oxygens (including phenoxy) is 1. The first-order valence-corrected chi connectivity index (χ1v) is 10.8. The minimum atomic E-state index is -3.82. The zero-order valence-electron chi connectivity index (χ0n) is 13.4. The first kappa shape index (κ1) is 20.5. The predicted molar refractivity (Wildman–Crippen MR) is 84.9 cm³/mol. The highest BCUT2D eigenvalue weighted by atomic mass is 32.2. The van der Waals surface area contributed by atoms with Crippen LogP contribution in [0.25, 0.3) is 0 Å². The van der Waals surface area contributed by atoms with Crippen molar-refractivity contribution in [2.45, 2.75) is 70.5 Å². The third-order valence-electron chi connectivity index (χ3n) is 3.66. The van der Waals surface area contributed by atoms with E-state index in [1.165, 1.54) is 6.92 Å².